The third-order valence-corrected chi connectivity index (χ3v) is 5.83. The Morgan fingerprint density at radius 2 is 1.53 bits per heavy atom. The second-order valence-corrected chi connectivity index (χ2v) is 8.09. The number of carbonyl (C=O) groups is 1. The number of fused-ring (bicyclic) bond motifs is 1. The first kappa shape index (κ1) is 19.9. The van der Waals surface area contributed by atoms with Gasteiger partial charge in [-0.2, -0.15) is 0 Å². The van der Waals surface area contributed by atoms with Crippen molar-refractivity contribution < 1.29 is 9.18 Å². The van der Waals surface area contributed by atoms with Crippen LogP contribution in [-0.2, 0) is 0 Å². The summed E-state index contributed by atoms with van der Waals surface area (Å²) < 4.78 is 13.1. The number of thiazole rings is 1. The van der Waals surface area contributed by atoms with E-state index in [-0.39, 0.29) is 11.7 Å². The largest absolute Gasteiger partial charge is 0.332 e. The van der Waals surface area contributed by atoms with Gasteiger partial charge in [-0.05, 0) is 53.2 Å². The molecule has 1 aromatic heterocycles. The van der Waals surface area contributed by atoms with Crippen LogP contribution in [-0.4, -0.2) is 10.9 Å². The molecule has 5 rings (SSSR count). The minimum Gasteiger partial charge on any atom is -0.332 e. The normalized spacial score (nSPS) is 10.8. The second-order valence-electron chi connectivity index (χ2n) is 7.23. The quantitative estimate of drug-likeness (QED) is 0.307. The molecule has 0 aliphatic heterocycles. The summed E-state index contributed by atoms with van der Waals surface area (Å²) in [6.45, 7) is 0. The number of nitrogens with zero attached hydrogens (tertiary/aromatic N) is 1. The van der Waals surface area contributed by atoms with Gasteiger partial charge in [-0.3, -0.25) is 4.79 Å². The minimum absolute atomic E-state index is 0.144. The number of halogens is 1. The lowest BCUT2D eigenvalue weighted by molar-refractivity contribution is 0.102. The average molecular weight is 440 g/mol. The second kappa shape index (κ2) is 8.61. The Morgan fingerprint density at radius 1 is 0.812 bits per heavy atom. The lowest BCUT2D eigenvalue weighted by atomic mass is 10.0. The summed E-state index contributed by atoms with van der Waals surface area (Å²) in [5, 5.41) is 10.8. The van der Waals surface area contributed by atoms with E-state index in [1.54, 1.807) is 12.1 Å². The molecule has 4 nitrogen and oxygen atoms in total. The van der Waals surface area contributed by atoms with Crippen LogP contribution in [0.5, 0.6) is 0 Å². The van der Waals surface area contributed by atoms with Gasteiger partial charge >= 0.3 is 0 Å². The number of nitrogens with one attached hydrogen (secondary N) is 2. The molecule has 156 valence electrons. The molecule has 0 spiro atoms. The van der Waals surface area contributed by atoms with Crippen LogP contribution in [0.4, 0.5) is 20.9 Å². The summed E-state index contributed by atoms with van der Waals surface area (Å²) in [5.74, 6) is -0.419. The van der Waals surface area contributed by atoms with Crippen molar-refractivity contribution in [3.8, 4) is 11.3 Å². The number of amides is 1. The molecule has 4 aromatic carbocycles. The summed E-state index contributed by atoms with van der Waals surface area (Å²) in [6.07, 6.45) is 0. The Balaban J connectivity index is 1.30. The van der Waals surface area contributed by atoms with Crippen molar-refractivity contribution in [3.05, 3.63) is 108 Å². The van der Waals surface area contributed by atoms with Crippen molar-refractivity contribution >= 4 is 44.5 Å². The maximum atomic E-state index is 13.1. The molecule has 0 radical (unpaired) electrons. The molecular formula is C26H18FN3OS. The number of aromatic nitrogens is 1. The third kappa shape index (κ3) is 4.22. The van der Waals surface area contributed by atoms with E-state index in [1.165, 1.54) is 23.5 Å². The molecule has 1 amide bonds. The van der Waals surface area contributed by atoms with E-state index in [2.05, 4.69) is 15.6 Å². The Bertz CT molecular complexity index is 1390. The predicted octanol–water partition coefficient (Wildman–Crippen LogP) is 7.10. The van der Waals surface area contributed by atoms with E-state index in [4.69, 9.17) is 0 Å². The van der Waals surface area contributed by atoms with Gasteiger partial charge in [-0.15, -0.1) is 11.3 Å². The van der Waals surface area contributed by atoms with Gasteiger partial charge in [0.15, 0.2) is 5.13 Å². The standard InChI is InChI=1S/C26H18FN3OS/c27-19-10-14-21(15-11-19)29-26-30-24(16-32-26)18-8-12-20(13-9-18)28-25(31)23-7-3-5-17-4-1-2-6-22(17)23/h1-16H,(H,28,31)(H,29,30). The highest BCUT2D eigenvalue weighted by Gasteiger charge is 2.11. The molecule has 0 atom stereocenters. The summed E-state index contributed by atoms with van der Waals surface area (Å²) in [6, 6.07) is 27.3. The van der Waals surface area contributed by atoms with E-state index < -0.39 is 0 Å². The molecule has 0 aliphatic carbocycles. The fourth-order valence-corrected chi connectivity index (χ4v) is 4.21. The van der Waals surface area contributed by atoms with Gasteiger partial charge in [0.05, 0.1) is 5.69 Å². The zero-order valence-electron chi connectivity index (χ0n) is 16.9. The van der Waals surface area contributed by atoms with E-state index in [0.29, 0.717) is 11.3 Å². The maximum Gasteiger partial charge on any atom is 0.256 e. The monoisotopic (exact) mass is 439 g/mol. The lowest BCUT2D eigenvalue weighted by Gasteiger charge is -2.08. The van der Waals surface area contributed by atoms with E-state index >= 15 is 0 Å². The number of hydrogen-bond acceptors (Lipinski definition) is 4. The molecule has 0 saturated carbocycles. The van der Waals surface area contributed by atoms with Gasteiger partial charge in [0, 0.05) is 27.9 Å². The molecule has 0 saturated heterocycles. The maximum absolute atomic E-state index is 13.1. The smallest absolute Gasteiger partial charge is 0.256 e. The van der Waals surface area contributed by atoms with Crippen LogP contribution in [0.15, 0.2) is 96.4 Å². The van der Waals surface area contributed by atoms with Crippen LogP contribution in [0.3, 0.4) is 0 Å². The number of rotatable bonds is 5. The van der Waals surface area contributed by atoms with E-state index in [9.17, 15) is 9.18 Å². The fraction of sp³-hybridized carbons (Fsp3) is 0. The number of hydrogen-bond donors (Lipinski definition) is 2. The molecule has 0 bridgehead atoms. The van der Waals surface area contributed by atoms with Gasteiger partial charge in [-0.1, -0.05) is 48.5 Å². The molecular weight excluding hydrogens is 421 g/mol. The average Bonchev–Trinajstić information content (AvgIpc) is 3.29. The summed E-state index contributed by atoms with van der Waals surface area (Å²) in [7, 11) is 0. The zero-order valence-corrected chi connectivity index (χ0v) is 17.7. The van der Waals surface area contributed by atoms with Crippen LogP contribution < -0.4 is 10.6 Å². The molecule has 5 aromatic rings. The Labute approximate surface area is 188 Å². The first-order chi connectivity index (χ1) is 15.7. The fourth-order valence-electron chi connectivity index (χ4n) is 3.47. The lowest BCUT2D eigenvalue weighted by Crippen LogP contribution is -2.12. The zero-order chi connectivity index (χ0) is 21.9. The van der Waals surface area contributed by atoms with Crippen molar-refractivity contribution in [3.63, 3.8) is 0 Å². The highest BCUT2D eigenvalue weighted by Crippen LogP contribution is 2.28. The summed E-state index contributed by atoms with van der Waals surface area (Å²) >= 11 is 1.47. The SMILES string of the molecule is O=C(Nc1ccc(-c2csc(Nc3ccc(F)cc3)n2)cc1)c1cccc2ccccc12. The Kier molecular flexibility index (Phi) is 5.35. The van der Waals surface area contributed by atoms with Gasteiger partial charge in [0.25, 0.3) is 5.91 Å². The van der Waals surface area contributed by atoms with Crippen LogP contribution >= 0.6 is 11.3 Å². The number of anilines is 3. The van der Waals surface area contributed by atoms with Crippen LogP contribution in [0, 0.1) is 5.82 Å². The Morgan fingerprint density at radius 3 is 2.34 bits per heavy atom. The molecule has 1 heterocycles. The molecule has 0 fully saturated rings. The van der Waals surface area contributed by atoms with Crippen molar-refractivity contribution in [2.24, 2.45) is 0 Å². The third-order valence-electron chi connectivity index (χ3n) is 5.07. The van der Waals surface area contributed by atoms with Crippen molar-refractivity contribution in [1.29, 1.82) is 0 Å². The molecule has 32 heavy (non-hydrogen) atoms. The molecule has 2 N–H and O–H groups in total. The van der Waals surface area contributed by atoms with Gasteiger partial charge in [0.1, 0.15) is 5.82 Å². The van der Waals surface area contributed by atoms with Crippen molar-refractivity contribution in [1.82, 2.24) is 4.98 Å². The van der Waals surface area contributed by atoms with Crippen LogP contribution in [0.2, 0.25) is 0 Å². The first-order valence-electron chi connectivity index (χ1n) is 10.0. The van der Waals surface area contributed by atoms with Gasteiger partial charge in [-0.25, -0.2) is 9.37 Å². The molecule has 0 aliphatic rings. The highest BCUT2D eigenvalue weighted by molar-refractivity contribution is 7.14. The Hall–Kier alpha value is -4.03. The van der Waals surface area contributed by atoms with E-state index in [0.717, 1.165) is 32.8 Å². The van der Waals surface area contributed by atoms with Crippen molar-refractivity contribution in [2.45, 2.75) is 0 Å². The highest BCUT2D eigenvalue weighted by atomic mass is 32.1. The van der Waals surface area contributed by atoms with Crippen LogP contribution in [0.1, 0.15) is 10.4 Å². The molecule has 0 unspecified atom stereocenters. The van der Waals surface area contributed by atoms with E-state index in [1.807, 2.05) is 72.1 Å². The molecule has 6 heteroatoms. The van der Waals surface area contributed by atoms with Gasteiger partial charge in [0.2, 0.25) is 0 Å². The first-order valence-corrected chi connectivity index (χ1v) is 10.9. The number of carbonyl (C=O) groups excluding carboxylic acids is 1. The topological polar surface area (TPSA) is 54.0 Å². The number of benzene rings is 4. The van der Waals surface area contributed by atoms with Gasteiger partial charge < -0.3 is 10.6 Å². The summed E-state index contributed by atoms with van der Waals surface area (Å²) in [5.41, 5.74) is 3.90. The summed E-state index contributed by atoms with van der Waals surface area (Å²) in [4.78, 5) is 17.4. The predicted molar refractivity (Wildman–Crippen MR) is 129 cm³/mol. The van der Waals surface area contributed by atoms with Crippen LogP contribution in [0.25, 0.3) is 22.0 Å². The van der Waals surface area contributed by atoms with Crippen molar-refractivity contribution in [2.75, 3.05) is 10.6 Å². The minimum atomic E-state index is -0.275.